The Morgan fingerprint density at radius 3 is 2.95 bits per heavy atom. The zero-order valence-corrected chi connectivity index (χ0v) is 11.6. The average Bonchev–Trinajstić information content (AvgIpc) is 2.90. The molecule has 0 aromatic carbocycles. The highest BCUT2D eigenvalue weighted by atomic mass is 16.6. The van der Waals surface area contributed by atoms with E-state index in [2.05, 4.69) is 10.3 Å². The smallest absolute Gasteiger partial charge is 0.290 e. The summed E-state index contributed by atoms with van der Waals surface area (Å²) in [5, 5.41) is 23.4. The molecule has 1 fully saturated rings. The van der Waals surface area contributed by atoms with E-state index in [1.165, 1.54) is 6.07 Å². The Hall–Kier alpha value is -1.73. The number of anilines is 1. The van der Waals surface area contributed by atoms with Gasteiger partial charge in [-0.15, -0.1) is 0 Å². The second kappa shape index (κ2) is 6.62. The van der Waals surface area contributed by atoms with Crippen LogP contribution in [0.3, 0.4) is 0 Å². The molecule has 1 saturated heterocycles. The summed E-state index contributed by atoms with van der Waals surface area (Å²) in [5.41, 5.74) is 0.423. The van der Waals surface area contributed by atoms with Gasteiger partial charge in [-0.3, -0.25) is 10.1 Å². The van der Waals surface area contributed by atoms with Gasteiger partial charge in [0.1, 0.15) is 11.5 Å². The van der Waals surface area contributed by atoms with Crippen LogP contribution in [0.1, 0.15) is 18.5 Å². The number of hydrogen-bond acceptors (Lipinski definition) is 6. The van der Waals surface area contributed by atoms with Gasteiger partial charge in [0.05, 0.1) is 11.5 Å². The van der Waals surface area contributed by atoms with Crippen LogP contribution in [-0.2, 0) is 0 Å². The Bertz CT molecular complexity index is 475. The molecule has 110 valence electrons. The summed E-state index contributed by atoms with van der Waals surface area (Å²) in [6.07, 6.45) is 2.26. The molecule has 2 rings (SSSR count). The van der Waals surface area contributed by atoms with Crippen LogP contribution < -0.4 is 10.2 Å². The molecule has 0 amide bonds. The van der Waals surface area contributed by atoms with Crippen molar-refractivity contribution in [2.75, 3.05) is 31.1 Å². The van der Waals surface area contributed by atoms with Gasteiger partial charge in [0, 0.05) is 25.2 Å². The van der Waals surface area contributed by atoms with Gasteiger partial charge < -0.3 is 15.3 Å². The van der Waals surface area contributed by atoms with E-state index in [4.69, 9.17) is 0 Å². The van der Waals surface area contributed by atoms with E-state index in [1.54, 1.807) is 13.0 Å². The van der Waals surface area contributed by atoms with Crippen molar-refractivity contribution in [3.05, 3.63) is 27.9 Å². The molecular formula is C13H20N4O3. The molecule has 7 nitrogen and oxygen atoms in total. The molecule has 1 atom stereocenters. The molecule has 0 aliphatic carbocycles. The van der Waals surface area contributed by atoms with Crippen LogP contribution in [0.15, 0.2) is 12.1 Å². The van der Waals surface area contributed by atoms with Gasteiger partial charge in [0.25, 0.3) is 5.69 Å². The minimum Gasteiger partial charge on any atom is -0.395 e. The first kappa shape index (κ1) is 14.7. The van der Waals surface area contributed by atoms with Gasteiger partial charge in [-0.2, -0.15) is 0 Å². The second-order valence-corrected chi connectivity index (χ2v) is 4.99. The maximum atomic E-state index is 10.8. The molecule has 20 heavy (non-hydrogen) atoms. The number of aliphatic hydroxyl groups excluding tert-OH is 1. The van der Waals surface area contributed by atoms with Crippen LogP contribution in [-0.4, -0.2) is 47.3 Å². The van der Waals surface area contributed by atoms with Crippen LogP contribution >= 0.6 is 0 Å². The molecule has 7 heteroatoms. The van der Waals surface area contributed by atoms with Gasteiger partial charge in [-0.1, -0.05) is 0 Å². The lowest BCUT2D eigenvalue weighted by molar-refractivity contribution is -0.385. The Kier molecular flexibility index (Phi) is 4.86. The predicted octanol–water partition coefficient (Wildman–Crippen LogP) is 0.849. The van der Waals surface area contributed by atoms with Crippen molar-refractivity contribution in [1.82, 2.24) is 10.3 Å². The normalized spacial score (nSPS) is 18.2. The van der Waals surface area contributed by atoms with Crippen molar-refractivity contribution in [1.29, 1.82) is 0 Å². The fourth-order valence-electron chi connectivity index (χ4n) is 2.51. The van der Waals surface area contributed by atoms with Crippen LogP contribution in [0.5, 0.6) is 0 Å². The first-order valence-corrected chi connectivity index (χ1v) is 6.83. The molecule has 1 aromatic rings. The largest absolute Gasteiger partial charge is 0.395 e. The Balaban J connectivity index is 2.15. The lowest BCUT2D eigenvalue weighted by Crippen LogP contribution is -2.39. The van der Waals surface area contributed by atoms with Crippen LogP contribution in [0, 0.1) is 17.0 Å². The van der Waals surface area contributed by atoms with E-state index < -0.39 is 4.92 Å². The number of aromatic nitrogens is 1. The molecular weight excluding hydrogens is 260 g/mol. The lowest BCUT2D eigenvalue weighted by Gasteiger charge is -2.26. The van der Waals surface area contributed by atoms with Gasteiger partial charge in [0.15, 0.2) is 0 Å². The molecule has 1 unspecified atom stereocenters. The molecule has 2 N–H and O–H groups in total. The highest BCUT2D eigenvalue weighted by Gasteiger charge is 2.20. The first-order valence-electron chi connectivity index (χ1n) is 6.83. The van der Waals surface area contributed by atoms with E-state index >= 15 is 0 Å². The summed E-state index contributed by atoms with van der Waals surface area (Å²) in [5.74, 6) is 0.677. The Morgan fingerprint density at radius 2 is 2.40 bits per heavy atom. The van der Waals surface area contributed by atoms with Gasteiger partial charge >= 0.3 is 0 Å². The van der Waals surface area contributed by atoms with E-state index in [-0.39, 0.29) is 12.3 Å². The number of aryl methyl sites for hydroxylation is 1. The third-order valence-electron chi connectivity index (χ3n) is 3.54. The summed E-state index contributed by atoms with van der Waals surface area (Å²) < 4.78 is 0. The average molecular weight is 280 g/mol. The number of aliphatic hydroxyl groups is 1. The lowest BCUT2D eigenvalue weighted by atomic mass is 10.2. The Labute approximate surface area is 117 Å². The monoisotopic (exact) mass is 280 g/mol. The van der Waals surface area contributed by atoms with Gasteiger partial charge in [0.2, 0.25) is 0 Å². The number of rotatable bonds is 6. The summed E-state index contributed by atoms with van der Waals surface area (Å²) >= 11 is 0. The fraction of sp³-hybridized carbons (Fsp3) is 0.615. The molecule has 0 saturated carbocycles. The third kappa shape index (κ3) is 3.43. The minimum atomic E-state index is -0.430. The fourth-order valence-corrected chi connectivity index (χ4v) is 2.51. The highest BCUT2D eigenvalue weighted by molar-refractivity contribution is 5.47. The van der Waals surface area contributed by atoms with Crippen LogP contribution in [0.2, 0.25) is 0 Å². The number of nitrogens with zero attached hydrogens (tertiary/aromatic N) is 3. The number of hydrogen-bond donors (Lipinski definition) is 2. The summed E-state index contributed by atoms with van der Waals surface area (Å²) in [6.45, 7) is 3.91. The quantitative estimate of drug-likeness (QED) is 0.593. The molecule has 1 aromatic heterocycles. The molecule has 0 radical (unpaired) electrons. The summed E-state index contributed by atoms with van der Waals surface area (Å²) in [7, 11) is 0. The Morgan fingerprint density at radius 1 is 1.60 bits per heavy atom. The van der Waals surface area contributed by atoms with E-state index in [0.29, 0.717) is 24.1 Å². The van der Waals surface area contributed by atoms with E-state index in [1.807, 2.05) is 4.90 Å². The SMILES string of the molecule is Cc1nc(N(CCO)CC2CCCN2)ccc1[N+](=O)[O-]. The van der Waals surface area contributed by atoms with E-state index in [0.717, 1.165) is 25.9 Å². The standard InChI is InChI=1S/C13H20N4O3/c1-10-12(17(19)20)4-5-13(15-10)16(7-8-18)9-11-3-2-6-14-11/h4-5,11,14,18H,2-3,6-9H2,1H3. The van der Waals surface area contributed by atoms with Crippen molar-refractivity contribution >= 4 is 11.5 Å². The molecule has 2 heterocycles. The zero-order chi connectivity index (χ0) is 14.5. The van der Waals surface area contributed by atoms with Crippen molar-refractivity contribution in [3.8, 4) is 0 Å². The molecule has 1 aliphatic heterocycles. The maximum Gasteiger partial charge on any atom is 0.290 e. The van der Waals surface area contributed by atoms with Crippen LogP contribution in [0.4, 0.5) is 11.5 Å². The third-order valence-corrected chi connectivity index (χ3v) is 3.54. The summed E-state index contributed by atoms with van der Waals surface area (Å²) in [6, 6.07) is 3.51. The van der Waals surface area contributed by atoms with Gasteiger partial charge in [-0.25, -0.2) is 4.98 Å². The molecule has 0 spiro atoms. The number of pyridine rings is 1. The maximum absolute atomic E-state index is 10.8. The number of nitrogens with one attached hydrogen (secondary N) is 1. The minimum absolute atomic E-state index is 0.0247. The van der Waals surface area contributed by atoms with Crippen molar-refractivity contribution in [2.45, 2.75) is 25.8 Å². The second-order valence-electron chi connectivity index (χ2n) is 4.99. The molecule has 1 aliphatic rings. The van der Waals surface area contributed by atoms with E-state index in [9.17, 15) is 15.2 Å². The first-order chi connectivity index (χ1) is 9.61. The van der Waals surface area contributed by atoms with Crippen molar-refractivity contribution < 1.29 is 10.0 Å². The van der Waals surface area contributed by atoms with Crippen molar-refractivity contribution in [2.24, 2.45) is 0 Å². The highest BCUT2D eigenvalue weighted by Crippen LogP contribution is 2.21. The summed E-state index contributed by atoms with van der Waals surface area (Å²) in [4.78, 5) is 16.7. The van der Waals surface area contributed by atoms with Crippen LogP contribution in [0.25, 0.3) is 0 Å². The number of nitro groups is 1. The molecule has 0 bridgehead atoms. The van der Waals surface area contributed by atoms with Crippen molar-refractivity contribution in [3.63, 3.8) is 0 Å². The predicted molar refractivity (Wildman–Crippen MR) is 76.0 cm³/mol. The van der Waals surface area contributed by atoms with Gasteiger partial charge in [-0.05, 0) is 32.4 Å². The topological polar surface area (TPSA) is 91.5 Å². The zero-order valence-electron chi connectivity index (χ0n) is 11.6.